The van der Waals surface area contributed by atoms with Gasteiger partial charge in [-0.1, -0.05) is 36.4 Å². The maximum Gasteiger partial charge on any atom is 0.133 e. The van der Waals surface area contributed by atoms with Crippen molar-refractivity contribution < 1.29 is 20.4 Å². The zero-order valence-electron chi connectivity index (χ0n) is 27.2. The molecule has 0 heterocycles. The topological polar surface area (TPSA) is 144 Å². The van der Waals surface area contributed by atoms with Crippen LogP contribution in [0.3, 0.4) is 0 Å². The van der Waals surface area contributed by atoms with Crippen LogP contribution in [-0.4, -0.2) is 38.2 Å². The van der Waals surface area contributed by atoms with Gasteiger partial charge in [0, 0.05) is 14.3 Å². The predicted molar refractivity (Wildman–Crippen MR) is 181 cm³/mol. The SMILES string of the molecule is COc1ccc([C@@H]2CCC(=O)C2)cc1.COc1ccc([C@@H]2CC[C@@](N)(C#N)C2)cc1.COc1ccc([C@@H]2CC[C@](N)(C#N)C2)cc1.[HH]. The third-order valence-corrected chi connectivity index (χ3v) is 9.55. The second-order valence-corrected chi connectivity index (χ2v) is 12.7. The van der Waals surface area contributed by atoms with Gasteiger partial charge in [0.05, 0.1) is 33.5 Å². The number of carbonyl (C=O) groups is 1. The number of methoxy groups -OCH3 is 3. The number of Topliss-reactive ketones (excluding diaryl/α,β-unsaturated/α-hetero) is 1. The van der Waals surface area contributed by atoms with Crippen molar-refractivity contribution in [2.24, 2.45) is 11.5 Å². The minimum absolute atomic E-state index is 0. The maximum absolute atomic E-state index is 11.1. The number of nitrogens with zero attached hydrogens (tertiary/aromatic N) is 2. The highest BCUT2D eigenvalue weighted by molar-refractivity contribution is 5.81. The molecule has 244 valence electrons. The molecule has 0 amide bonds. The van der Waals surface area contributed by atoms with E-state index in [1.807, 2.05) is 36.4 Å². The van der Waals surface area contributed by atoms with E-state index in [1.54, 1.807) is 21.3 Å². The lowest BCUT2D eigenvalue weighted by atomic mass is 9.94. The molecule has 8 heteroatoms. The van der Waals surface area contributed by atoms with Gasteiger partial charge in [-0.2, -0.15) is 10.5 Å². The number of rotatable bonds is 6. The fourth-order valence-corrected chi connectivity index (χ4v) is 6.65. The van der Waals surface area contributed by atoms with Gasteiger partial charge >= 0.3 is 0 Å². The molecule has 0 saturated heterocycles. The molecule has 3 aromatic rings. The van der Waals surface area contributed by atoms with E-state index in [0.717, 1.165) is 68.6 Å². The van der Waals surface area contributed by atoms with Crippen molar-refractivity contribution in [3.05, 3.63) is 89.5 Å². The summed E-state index contributed by atoms with van der Waals surface area (Å²) in [4.78, 5) is 11.1. The Hall–Kier alpha value is -4.37. The molecule has 3 fully saturated rings. The number of ether oxygens (including phenoxy) is 3. The van der Waals surface area contributed by atoms with Crippen LogP contribution >= 0.6 is 0 Å². The van der Waals surface area contributed by atoms with Gasteiger partial charge in [-0.15, -0.1) is 0 Å². The summed E-state index contributed by atoms with van der Waals surface area (Å²) in [5, 5.41) is 18.0. The average Bonchev–Trinajstić information content (AvgIpc) is 3.84. The molecule has 0 bridgehead atoms. The summed E-state index contributed by atoms with van der Waals surface area (Å²) < 4.78 is 15.3. The molecule has 46 heavy (non-hydrogen) atoms. The maximum atomic E-state index is 11.1. The average molecular weight is 625 g/mol. The lowest BCUT2D eigenvalue weighted by Crippen LogP contribution is -2.34. The highest BCUT2D eigenvalue weighted by atomic mass is 16.5. The van der Waals surface area contributed by atoms with Crippen LogP contribution in [0, 0.1) is 22.7 Å². The minimum atomic E-state index is -0.620. The van der Waals surface area contributed by atoms with Crippen LogP contribution in [-0.2, 0) is 4.79 Å². The summed E-state index contributed by atoms with van der Waals surface area (Å²) in [5.74, 6) is 4.26. The van der Waals surface area contributed by atoms with Crippen LogP contribution in [0.5, 0.6) is 17.2 Å². The van der Waals surface area contributed by atoms with Gasteiger partial charge in [0.2, 0.25) is 0 Å². The van der Waals surface area contributed by atoms with Crippen LogP contribution < -0.4 is 25.7 Å². The Labute approximate surface area is 274 Å². The van der Waals surface area contributed by atoms with Crippen LogP contribution in [0.1, 0.15) is 93.7 Å². The number of benzene rings is 3. The Bertz CT molecular complexity index is 1440. The van der Waals surface area contributed by atoms with Crippen molar-refractivity contribution >= 4 is 5.78 Å². The van der Waals surface area contributed by atoms with E-state index in [9.17, 15) is 4.79 Å². The largest absolute Gasteiger partial charge is 0.497 e. The number of nitriles is 2. The Morgan fingerprint density at radius 2 is 0.978 bits per heavy atom. The monoisotopic (exact) mass is 624 g/mol. The van der Waals surface area contributed by atoms with Crippen molar-refractivity contribution in [3.8, 4) is 29.4 Å². The molecule has 0 aromatic heterocycles. The van der Waals surface area contributed by atoms with E-state index in [0.29, 0.717) is 30.0 Å². The quantitative estimate of drug-likeness (QED) is 0.294. The van der Waals surface area contributed by atoms with Gasteiger partial charge in [-0.05, 0) is 116 Å². The minimum Gasteiger partial charge on any atom is -0.497 e. The Balaban J connectivity index is 0.000000190. The van der Waals surface area contributed by atoms with Crippen LogP contribution in [0.2, 0.25) is 0 Å². The van der Waals surface area contributed by atoms with Gasteiger partial charge < -0.3 is 25.7 Å². The van der Waals surface area contributed by atoms with E-state index in [-0.39, 0.29) is 1.43 Å². The smallest absolute Gasteiger partial charge is 0.133 e. The zero-order valence-corrected chi connectivity index (χ0v) is 27.2. The number of hydrogen-bond acceptors (Lipinski definition) is 8. The lowest BCUT2D eigenvalue weighted by molar-refractivity contribution is -0.117. The second-order valence-electron chi connectivity index (χ2n) is 12.7. The molecule has 0 aliphatic heterocycles. The van der Waals surface area contributed by atoms with E-state index in [2.05, 4.69) is 48.5 Å². The fraction of sp³-hybridized carbons (Fsp3) is 0.447. The summed E-state index contributed by atoms with van der Waals surface area (Å²) >= 11 is 0. The van der Waals surface area contributed by atoms with Gasteiger partial charge in [-0.3, -0.25) is 4.79 Å². The van der Waals surface area contributed by atoms with Gasteiger partial charge in [0.15, 0.2) is 0 Å². The van der Waals surface area contributed by atoms with Gasteiger partial charge in [-0.25, -0.2) is 0 Å². The zero-order chi connectivity index (χ0) is 33.2. The number of hydrogen-bond donors (Lipinski definition) is 2. The van der Waals surface area contributed by atoms with Crippen molar-refractivity contribution in [2.75, 3.05) is 21.3 Å². The summed E-state index contributed by atoms with van der Waals surface area (Å²) in [6.45, 7) is 0. The molecule has 0 spiro atoms. The first-order valence-corrected chi connectivity index (χ1v) is 16.0. The number of ketones is 1. The van der Waals surface area contributed by atoms with Crippen LogP contribution in [0.15, 0.2) is 72.8 Å². The molecule has 3 aliphatic rings. The van der Waals surface area contributed by atoms with Crippen LogP contribution in [0.25, 0.3) is 0 Å². The highest BCUT2D eigenvalue weighted by Gasteiger charge is 2.37. The first-order chi connectivity index (χ1) is 22.1. The van der Waals surface area contributed by atoms with Crippen molar-refractivity contribution in [2.45, 2.75) is 86.6 Å². The van der Waals surface area contributed by atoms with E-state index < -0.39 is 11.1 Å². The summed E-state index contributed by atoms with van der Waals surface area (Å²) in [5.41, 5.74) is 14.4. The van der Waals surface area contributed by atoms with Gasteiger partial charge in [0.25, 0.3) is 0 Å². The molecule has 8 nitrogen and oxygen atoms in total. The summed E-state index contributed by atoms with van der Waals surface area (Å²) in [6.07, 6.45) is 7.56. The highest BCUT2D eigenvalue weighted by Crippen LogP contribution is 2.40. The Morgan fingerprint density at radius 3 is 1.24 bits per heavy atom. The number of nitrogens with two attached hydrogens (primary N) is 2. The summed E-state index contributed by atoms with van der Waals surface area (Å²) in [6, 6.07) is 28.5. The summed E-state index contributed by atoms with van der Waals surface area (Å²) in [7, 11) is 4.98. The molecule has 3 saturated carbocycles. The van der Waals surface area contributed by atoms with Crippen molar-refractivity contribution in [1.29, 1.82) is 10.5 Å². The Morgan fingerprint density at radius 1 is 0.630 bits per heavy atom. The molecule has 5 atom stereocenters. The molecule has 0 radical (unpaired) electrons. The molecule has 0 unspecified atom stereocenters. The molecular formula is C38H48N4O4. The number of carbonyl (C=O) groups excluding carboxylic acids is 1. The predicted octanol–water partition coefficient (Wildman–Crippen LogP) is 7.15. The first-order valence-electron chi connectivity index (χ1n) is 16.0. The van der Waals surface area contributed by atoms with Gasteiger partial charge in [0.1, 0.15) is 34.1 Å². The molecule has 3 aromatic carbocycles. The Kier molecular flexibility index (Phi) is 11.8. The lowest BCUT2D eigenvalue weighted by Gasteiger charge is -2.14. The second kappa shape index (κ2) is 15.8. The molecular weight excluding hydrogens is 576 g/mol. The van der Waals surface area contributed by atoms with E-state index in [4.69, 9.17) is 36.2 Å². The van der Waals surface area contributed by atoms with Crippen LogP contribution in [0.4, 0.5) is 0 Å². The van der Waals surface area contributed by atoms with E-state index >= 15 is 0 Å². The third-order valence-electron chi connectivity index (χ3n) is 9.55. The standard InChI is InChI=1S/2C13H16N2O.C12H14O2.H2/c2*1-16-12-4-2-10(3-5-12)11-6-7-13(15,8-11)9-14;1-14-12-6-3-9(4-7-12)10-2-5-11(13)8-10;/h2*2-5,11H,6-8,15H2,1H3;3-4,6-7,10H,2,5,8H2,1H3;1H/t11-,13+;11-,13-;10-;/m111./s1. The fourth-order valence-electron chi connectivity index (χ4n) is 6.65. The molecule has 4 N–H and O–H groups in total. The first kappa shape index (κ1) is 34.5. The third kappa shape index (κ3) is 9.10. The normalized spacial score (nSPS) is 26.4. The van der Waals surface area contributed by atoms with Crippen molar-refractivity contribution in [1.82, 2.24) is 0 Å². The van der Waals surface area contributed by atoms with E-state index in [1.165, 1.54) is 16.7 Å². The molecule has 6 rings (SSSR count). The molecule has 3 aliphatic carbocycles. The van der Waals surface area contributed by atoms with Crippen molar-refractivity contribution in [3.63, 3.8) is 0 Å².